The Morgan fingerprint density at radius 2 is 2.19 bits per heavy atom. The Morgan fingerprint density at radius 1 is 1.56 bits per heavy atom. The van der Waals surface area contributed by atoms with Crippen molar-refractivity contribution in [3.8, 4) is 0 Å². The zero-order chi connectivity index (χ0) is 12.3. The molecule has 0 saturated heterocycles. The van der Waals surface area contributed by atoms with Crippen LogP contribution in [0.1, 0.15) is 42.6 Å². The second-order valence-corrected chi connectivity index (χ2v) is 5.01. The first kappa shape index (κ1) is 13.0. The summed E-state index contributed by atoms with van der Waals surface area (Å²) in [5, 5.41) is 9.87. The van der Waals surface area contributed by atoms with Gasteiger partial charge in [0.15, 0.2) is 5.13 Å². The lowest BCUT2D eigenvalue weighted by atomic mass is 10.2. The van der Waals surface area contributed by atoms with Crippen LogP contribution in [-0.4, -0.2) is 29.1 Å². The molecule has 1 aromatic heterocycles. The van der Waals surface area contributed by atoms with Crippen LogP contribution < -0.4 is 4.90 Å². The number of aromatic carboxylic acids is 1. The van der Waals surface area contributed by atoms with Gasteiger partial charge in [-0.15, -0.1) is 0 Å². The Labute approximate surface area is 99.9 Å². The Bertz CT molecular complexity index is 374. The molecule has 0 amide bonds. The van der Waals surface area contributed by atoms with Gasteiger partial charge in [-0.3, -0.25) is 0 Å². The van der Waals surface area contributed by atoms with Gasteiger partial charge in [0.25, 0.3) is 0 Å². The van der Waals surface area contributed by atoms with Gasteiger partial charge in [-0.25, -0.2) is 9.78 Å². The van der Waals surface area contributed by atoms with Crippen LogP contribution in [0.15, 0.2) is 0 Å². The molecule has 1 aromatic rings. The lowest BCUT2D eigenvalue weighted by Gasteiger charge is -2.19. The van der Waals surface area contributed by atoms with E-state index in [-0.39, 0.29) is 0 Å². The summed E-state index contributed by atoms with van der Waals surface area (Å²) in [6.45, 7) is 6.14. The summed E-state index contributed by atoms with van der Waals surface area (Å²) in [6.07, 6.45) is 1.64. The third-order valence-corrected chi connectivity index (χ3v) is 3.62. The standard InChI is InChI=1S/C11H18N2O2S/c1-5-6-8-9(10(14)15)16-11(12-8)13(4)7(2)3/h7H,5-6H2,1-4H3,(H,14,15). The molecule has 0 radical (unpaired) electrons. The number of thiazole rings is 1. The van der Waals surface area contributed by atoms with Crippen molar-refractivity contribution in [2.75, 3.05) is 11.9 Å². The topological polar surface area (TPSA) is 53.4 Å². The maximum absolute atomic E-state index is 11.1. The van der Waals surface area contributed by atoms with E-state index in [1.54, 1.807) is 0 Å². The molecule has 0 fully saturated rings. The van der Waals surface area contributed by atoms with Crippen LogP contribution >= 0.6 is 11.3 Å². The molecule has 0 atom stereocenters. The molecule has 0 aliphatic carbocycles. The maximum Gasteiger partial charge on any atom is 0.347 e. The van der Waals surface area contributed by atoms with E-state index >= 15 is 0 Å². The first-order chi connectivity index (χ1) is 7.47. The number of carbonyl (C=O) groups is 1. The third kappa shape index (κ3) is 2.72. The predicted molar refractivity (Wildman–Crippen MR) is 66.6 cm³/mol. The number of nitrogens with zero attached hydrogens (tertiary/aromatic N) is 2. The normalized spacial score (nSPS) is 10.8. The fraction of sp³-hybridized carbons (Fsp3) is 0.636. The average molecular weight is 242 g/mol. The van der Waals surface area contributed by atoms with Gasteiger partial charge in [-0.2, -0.15) is 0 Å². The quantitative estimate of drug-likeness (QED) is 0.862. The van der Waals surface area contributed by atoms with E-state index in [1.165, 1.54) is 11.3 Å². The van der Waals surface area contributed by atoms with Gasteiger partial charge < -0.3 is 10.0 Å². The van der Waals surface area contributed by atoms with Crippen LogP contribution in [0.4, 0.5) is 5.13 Å². The number of anilines is 1. The molecular weight excluding hydrogens is 224 g/mol. The molecule has 0 spiro atoms. The van der Waals surface area contributed by atoms with E-state index in [0.29, 0.717) is 16.6 Å². The van der Waals surface area contributed by atoms with E-state index < -0.39 is 5.97 Å². The number of carboxylic acid groups (broad SMARTS) is 1. The Kier molecular flexibility index (Phi) is 4.29. The highest BCUT2D eigenvalue weighted by Crippen LogP contribution is 2.27. The Morgan fingerprint density at radius 3 is 2.62 bits per heavy atom. The fourth-order valence-corrected chi connectivity index (χ4v) is 2.33. The zero-order valence-electron chi connectivity index (χ0n) is 10.1. The van der Waals surface area contributed by atoms with Gasteiger partial charge in [0.1, 0.15) is 4.88 Å². The summed E-state index contributed by atoms with van der Waals surface area (Å²) in [4.78, 5) is 17.8. The lowest BCUT2D eigenvalue weighted by molar-refractivity contribution is 0.0700. The molecule has 16 heavy (non-hydrogen) atoms. The lowest BCUT2D eigenvalue weighted by Crippen LogP contribution is -2.25. The number of hydrogen-bond donors (Lipinski definition) is 1. The molecule has 5 heteroatoms. The van der Waals surface area contributed by atoms with Crippen molar-refractivity contribution < 1.29 is 9.90 Å². The molecule has 4 nitrogen and oxygen atoms in total. The van der Waals surface area contributed by atoms with Crippen molar-refractivity contribution in [1.82, 2.24) is 4.98 Å². The minimum Gasteiger partial charge on any atom is -0.477 e. The van der Waals surface area contributed by atoms with Gasteiger partial charge in [0, 0.05) is 13.1 Å². The molecule has 1 N–H and O–H groups in total. The summed E-state index contributed by atoms with van der Waals surface area (Å²) in [5.41, 5.74) is 0.711. The van der Waals surface area contributed by atoms with E-state index in [0.717, 1.165) is 18.0 Å². The highest BCUT2D eigenvalue weighted by atomic mass is 32.1. The zero-order valence-corrected chi connectivity index (χ0v) is 11.0. The molecule has 0 aliphatic rings. The second-order valence-electron chi connectivity index (χ2n) is 4.03. The minimum absolute atomic E-state index is 0.322. The average Bonchev–Trinajstić information content (AvgIpc) is 2.61. The monoisotopic (exact) mass is 242 g/mol. The number of hydrogen-bond acceptors (Lipinski definition) is 4. The van der Waals surface area contributed by atoms with Crippen molar-refractivity contribution >= 4 is 22.4 Å². The second kappa shape index (κ2) is 5.30. The first-order valence-corrected chi connectivity index (χ1v) is 6.24. The van der Waals surface area contributed by atoms with E-state index in [1.807, 2.05) is 18.9 Å². The van der Waals surface area contributed by atoms with Gasteiger partial charge in [-0.1, -0.05) is 24.7 Å². The van der Waals surface area contributed by atoms with Gasteiger partial charge in [-0.05, 0) is 20.3 Å². The number of aromatic nitrogens is 1. The molecule has 90 valence electrons. The molecule has 1 heterocycles. The van der Waals surface area contributed by atoms with Crippen LogP contribution in [0.3, 0.4) is 0 Å². The number of aryl methyl sites for hydroxylation is 1. The summed E-state index contributed by atoms with van der Waals surface area (Å²) >= 11 is 1.26. The summed E-state index contributed by atoms with van der Waals surface area (Å²) in [5.74, 6) is -0.871. The van der Waals surface area contributed by atoms with Crippen LogP contribution in [0.5, 0.6) is 0 Å². The van der Waals surface area contributed by atoms with E-state index in [9.17, 15) is 4.79 Å². The molecule has 0 unspecified atom stereocenters. The maximum atomic E-state index is 11.1. The van der Waals surface area contributed by atoms with Crippen LogP contribution in [0.25, 0.3) is 0 Å². The molecular formula is C11H18N2O2S. The number of carboxylic acids is 1. The predicted octanol–water partition coefficient (Wildman–Crippen LogP) is 2.64. The number of rotatable bonds is 5. The Hall–Kier alpha value is -1.10. The smallest absolute Gasteiger partial charge is 0.347 e. The minimum atomic E-state index is -0.871. The van der Waals surface area contributed by atoms with Crippen molar-refractivity contribution in [1.29, 1.82) is 0 Å². The summed E-state index contributed by atoms with van der Waals surface area (Å²) in [7, 11) is 1.94. The highest BCUT2D eigenvalue weighted by molar-refractivity contribution is 7.17. The SMILES string of the molecule is CCCc1nc(N(C)C(C)C)sc1C(=O)O. The molecule has 0 bridgehead atoms. The van der Waals surface area contributed by atoms with Crippen molar-refractivity contribution in [3.63, 3.8) is 0 Å². The fourth-order valence-electron chi connectivity index (χ4n) is 1.28. The van der Waals surface area contributed by atoms with Gasteiger partial charge >= 0.3 is 5.97 Å². The Balaban J connectivity index is 3.05. The van der Waals surface area contributed by atoms with Crippen LogP contribution in [0, 0.1) is 0 Å². The summed E-state index contributed by atoms with van der Waals surface area (Å²) < 4.78 is 0. The molecule has 0 aliphatic heterocycles. The summed E-state index contributed by atoms with van der Waals surface area (Å²) in [6, 6.07) is 0.322. The highest BCUT2D eigenvalue weighted by Gasteiger charge is 2.19. The van der Waals surface area contributed by atoms with E-state index in [4.69, 9.17) is 5.11 Å². The molecule has 1 rings (SSSR count). The van der Waals surface area contributed by atoms with Crippen molar-refractivity contribution in [2.45, 2.75) is 39.7 Å². The van der Waals surface area contributed by atoms with Crippen molar-refractivity contribution in [3.05, 3.63) is 10.6 Å². The van der Waals surface area contributed by atoms with E-state index in [2.05, 4.69) is 18.8 Å². The van der Waals surface area contributed by atoms with Crippen LogP contribution in [0.2, 0.25) is 0 Å². The third-order valence-electron chi connectivity index (χ3n) is 2.44. The largest absolute Gasteiger partial charge is 0.477 e. The van der Waals surface area contributed by atoms with Gasteiger partial charge in [0.05, 0.1) is 5.69 Å². The molecule has 0 aromatic carbocycles. The first-order valence-electron chi connectivity index (χ1n) is 5.43. The van der Waals surface area contributed by atoms with Crippen LogP contribution in [-0.2, 0) is 6.42 Å². The molecule has 0 saturated carbocycles. The van der Waals surface area contributed by atoms with Crippen molar-refractivity contribution in [2.24, 2.45) is 0 Å². The van der Waals surface area contributed by atoms with Gasteiger partial charge in [0.2, 0.25) is 0 Å².